The molecule has 0 bridgehead atoms. The number of rotatable bonds is 48. The van der Waals surface area contributed by atoms with Crippen LogP contribution in [-0.4, -0.2) is 52.2 Å². The van der Waals surface area contributed by atoms with Crippen molar-refractivity contribution in [3.63, 3.8) is 0 Å². The molecule has 8 nitrogen and oxygen atoms in total. The molecule has 8 heteroatoms. The molecule has 0 spiro atoms. The van der Waals surface area contributed by atoms with E-state index in [1.807, 2.05) is 24.3 Å². The van der Waals surface area contributed by atoms with Gasteiger partial charge in [-0.1, -0.05) is 220 Å². The Bertz CT molecular complexity index is 1840. The van der Waals surface area contributed by atoms with Crippen LogP contribution in [0.5, 0.6) is 34.5 Å². The normalized spacial score (nSPS) is 11.4. The first-order valence-corrected chi connectivity index (χ1v) is 30.0. The Morgan fingerprint density at radius 3 is 0.581 bits per heavy atom. The summed E-state index contributed by atoms with van der Waals surface area (Å²) in [6, 6.07) is 11.8. The molecule has 0 atom stereocenters. The average molecular weight is 1020 g/mol. The molecule has 0 saturated carbocycles. The van der Waals surface area contributed by atoms with Crippen molar-refractivity contribution in [1.82, 2.24) is 0 Å². The van der Waals surface area contributed by atoms with Crippen molar-refractivity contribution in [3.05, 3.63) is 69.8 Å². The van der Waals surface area contributed by atoms with Gasteiger partial charge in [-0.05, 0) is 74.9 Å². The molecule has 0 unspecified atom stereocenters. The summed E-state index contributed by atoms with van der Waals surface area (Å²) < 4.78 is 39.1. The first-order valence-electron chi connectivity index (χ1n) is 30.0. The molecule has 3 rings (SSSR count). The van der Waals surface area contributed by atoms with Crippen molar-refractivity contribution in [2.45, 2.75) is 234 Å². The van der Waals surface area contributed by atoms with Gasteiger partial charge in [0.05, 0.1) is 50.8 Å². The van der Waals surface area contributed by atoms with Gasteiger partial charge in [-0.2, -0.15) is 0 Å². The van der Waals surface area contributed by atoms with Gasteiger partial charge in [-0.25, -0.2) is 0 Å². The fourth-order valence-corrected chi connectivity index (χ4v) is 8.91. The highest BCUT2D eigenvalue weighted by Gasteiger charge is 2.16. The van der Waals surface area contributed by atoms with Gasteiger partial charge in [0.2, 0.25) is 0 Å². The first-order chi connectivity index (χ1) is 36.5. The molecule has 3 aromatic carbocycles. The summed E-state index contributed by atoms with van der Waals surface area (Å²) in [7, 11) is 0. The molecule has 0 aliphatic rings. The van der Waals surface area contributed by atoms with Gasteiger partial charge >= 0.3 is 0 Å². The monoisotopic (exact) mass is 1020 g/mol. The van der Waals surface area contributed by atoms with Crippen LogP contribution < -0.4 is 28.4 Å². The smallest absolute Gasteiger partial charge is 0.153 e. The maximum Gasteiger partial charge on any atom is 0.153 e. The number of ether oxygens (including phenoxy) is 6. The predicted molar refractivity (Wildman–Crippen MR) is 313 cm³/mol. The Hall–Kier alpha value is -4.72. The van der Waals surface area contributed by atoms with Crippen LogP contribution in [0.3, 0.4) is 0 Å². The first kappa shape index (κ1) is 63.6. The fraction of sp³-hybridized carbons (Fsp3) is 0.636. The van der Waals surface area contributed by atoms with Gasteiger partial charge in [-0.15, -0.1) is 0 Å². The predicted octanol–water partition coefficient (Wildman–Crippen LogP) is 19.7. The number of unbranched alkanes of at least 4 members (excludes halogenated alkanes) is 24. The standard InChI is InChI=1S/C66H102O8/c1-7-13-19-25-31-41-69-61-47-56(38-40-58-50-66(74-46-36-30-24-18-12-6)60(54-68)52-64(58)72-44-34-28-22-16-10-4)62(70-42-32-26-20-14-8-2)48-55(61)37-39-57-49-65(73-45-35-29-23-17-11-5)59(53-67)51-63(57)71-43-33-27-21-15-9-3/h37-40,47-54H,7-36,41-46H2,1-6H3/b39-37+,40-38+. The maximum absolute atomic E-state index is 12.5. The zero-order valence-corrected chi connectivity index (χ0v) is 47.7. The second kappa shape index (κ2) is 42.5. The summed E-state index contributed by atoms with van der Waals surface area (Å²) in [6.07, 6.45) is 43.9. The van der Waals surface area contributed by atoms with E-state index in [0.717, 1.165) is 123 Å². The van der Waals surface area contributed by atoms with Crippen LogP contribution >= 0.6 is 0 Å². The molecular formula is C66H102O8. The minimum Gasteiger partial charge on any atom is -0.493 e. The van der Waals surface area contributed by atoms with E-state index in [0.29, 0.717) is 73.8 Å². The minimum absolute atomic E-state index is 0.497. The van der Waals surface area contributed by atoms with E-state index < -0.39 is 0 Å². The summed E-state index contributed by atoms with van der Waals surface area (Å²) >= 11 is 0. The highest BCUT2D eigenvalue weighted by atomic mass is 16.5. The van der Waals surface area contributed by atoms with Crippen LogP contribution in [0.2, 0.25) is 0 Å². The zero-order chi connectivity index (χ0) is 53.1. The Morgan fingerprint density at radius 1 is 0.243 bits per heavy atom. The van der Waals surface area contributed by atoms with E-state index in [1.165, 1.54) is 116 Å². The van der Waals surface area contributed by atoms with Crippen molar-refractivity contribution >= 4 is 36.9 Å². The molecule has 0 radical (unpaired) electrons. The lowest BCUT2D eigenvalue weighted by atomic mass is 10.0. The van der Waals surface area contributed by atoms with Gasteiger partial charge in [-0.3, -0.25) is 9.59 Å². The third-order valence-electron chi connectivity index (χ3n) is 13.6. The van der Waals surface area contributed by atoms with E-state index in [4.69, 9.17) is 28.4 Å². The quantitative estimate of drug-likeness (QED) is 0.0314. The van der Waals surface area contributed by atoms with E-state index in [-0.39, 0.29) is 0 Å². The Labute approximate surface area is 451 Å². The third-order valence-corrected chi connectivity index (χ3v) is 13.6. The van der Waals surface area contributed by atoms with Crippen molar-refractivity contribution in [1.29, 1.82) is 0 Å². The third kappa shape index (κ3) is 26.7. The van der Waals surface area contributed by atoms with Crippen molar-refractivity contribution in [3.8, 4) is 34.5 Å². The van der Waals surface area contributed by atoms with Crippen molar-refractivity contribution in [2.24, 2.45) is 0 Å². The van der Waals surface area contributed by atoms with E-state index in [1.54, 1.807) is 0 Å². The van der Waals surface area contributed by atoms with Gasteiger partial charge < -0.3 is 28.4 Å². The largest absolute Gasteiger partial charge is 0.493 e. The number of hydrogen-bond acceptors (Lipinski definition) is 8. The molecule has 0 fully saturated rings. The molecule has 0 aromatic heterocycles. The van der Waals surface area contributed by atoms with Crippen LogP contribution in [0.25, 0.3) is 24.3 Å². The highest BCUT2D eigenvalue weighted by Crippen LogP contribution is 2.37. The Morgan fingerprint density at radius 2 is 0.405 bits per heavy atom. The number of hydrogen-bond donors (Lipinski definition) is 0. The van der Waals surface area contributed by atoms with Crippen LogP contribution in [0.1, 0.15) is 277 Å². The van der Waals surface area contributed by atoms with Crippen LogP contribution in [0, 0.1) is 0 Å². The summed E-state index contributed by atoms with van der Waals surface area (Å²) in [5.41, 5.74) is 4.45. The minimum atomic E-state index is 0.497. The van der Waals surface area contributed by atoms with Gasteiger partial charge in [0.15, 0.2) is 12.6 Å². The van der Waals surface area contributed by atoms with Gasteiger partial charge in [0, 0.05) is 22.3 Å². The molecule has 0 heterocycles. The lowest BCUT2D eigenvalue weighted by molar-refractivity contribution is 0.111. The van der Waals surface area contributed by atoms with Crippen LogP contribution in [-0.2, 0) is 0 Å². The van der Waals surface area contributed by atoms with Crippen LogP contribution in [0.15, 0.2) is 36.4 Å². The summed E-state index contributed by atoms with van der Waals surface area (Å²) in [5, 5.41) is 0. The van der Waals surface area contributed by atoms with Crippen molar-refractivity contribution in [2.75, 3.05) is 39.6 Å². The molecule has 0 N–H and O–H groups in total. The molecule has 0 saturated heterocycles. The van der Waals surface area contributed by atoms with Crippen molar-refractivity contribution < 1.29 is 38.0 Å². The van der Waals surface area contributed by atoms with E-state index >= 15 is 0 Å². The van der Waals surface area contributed by atoms with Gasteiger partial charge in [0.25, 0.3) is 0 Å². The molecular weight excluding hydrogens is 921 g/mol. The molecule has 0 amide bonds. The SMILES string of the molecule is CCCCCCCOc1cc(/C=C/c2cc(OCCCCCCC)c(/C=C/c3cc(OCCCCCCC)c(C=O)cc3OCCCCCCC)cc2OCCCCCCC)c(OCCCCCCC)cc1C=O. The second-order valence-corrected chi connectivity index (χ2v) is 20.3. The molecule has 0 aliphatic carbocycles. The topological polar surface area (TPSA) is 89.5 Å². The zero-order valence-electron chi connectivity index (χ0n) is 47.7. The molecule has 74 heavy (non-hydrogen) atoms. The summed E-state index contributed by atoms with van der Waals surface area (Å²) in [5.74, 6) is 3.98. The lowest BCUT2D eigenvalue weighted by Gasteiger charge is -2.17. The number of carbonyl (C=O) groups excluding carboxylic acids is 2. The molecule has 0 aliphatic heterocycles. The van der Waals surface area contributed by atoms with Crippen LogP contribution in [0.4, 0.5) is 0 Å². The molecule has 3 aromatic rings. The maximum atomic E-state index is 12.5. The molecule has 414 valence electrons. The Balaban J connectivity index is 2.17. The Kier molecular flexibility index (Phi) is 36.5. The van der Waals surface area contributed by atoms with E-state index in [2.05, 4.69) is 78.0 Å². The summed E-state index contributed by atoms with van der Waals surface area (Å²) in [6.45, 7) is 16.8. The van der Waals surface area contributed by atoms with Gasteiger partial charge in [0.1, 0.15) is 34.5 Å². The second-order valence-electron chi connectivity index (χ2n) is 20.3. The number of benzene rings is 3. The average Bonchev–Trinajstić information content (AvgIpc) is 3.41. The highest BCUT2D eigenvalue weighted by molar-refractivity contribution is 5.86. The summed E-state index contributed by atoms with van der Waals surface area (Å²) in [4.78, 5) is 25.0. The number of aldehydes is 2. The number of carbonyl (C=O) groups is 2. The fourth-order valence-electron chi connectivity index (χ4n) is 8.91. The van der Waals surface area contributed by atoms with E-state index in [9.17, 15) is 9.59 Å². The lowest BCUT2D eigenvalue weighted by Crippen LogP contribution is -2.04.